The first kappa shape index (κ1) is 12.7. The van der Waals surface area contributed by atoms with Gasteiger partial charge in [0.25, 0.3) is 0 Å². The summed E-state index contributed by atoms with van der Waals surface area (Å²) in [6.07, 6.45) is 0.988. The Bertz CT molecular complexity index is 556. The number of aryl methyl sites for hydroxylation is 4. The van der Waals surface area contributed by atoms with Crippen molar-refractivity contribution < 1.29 is 4.74 Å². The third-order valence-corrected chi connectivity index (χ3v) is 3.15. The Morgan fingerprint density at radius 1 is 0.833 bits per heavy atom. The van der Waals surface area contributed by atoms with Gasteiger partial charge in [-0.1, -0.05) is 42.3 Å². The molecule has 0 atom stereocenters. The topological polar surface area (TPSA) is 9.23 Å². The molecule has 2 aromatic rings. The smallest absolute Gasteiger partial charge is 0.130 e. The van der Waals surface area contributed by atoms with E-state index in [2.05, 4.69) is 58.0 Å². The Hall–Kier alpha value is -1.76. The lowest BCUT2D eigenvalue weighted by atomic mass is 10.1. The van der Waals surface area contributed by atoms with E-state index in [1.54, 1.807) is 0 Å². The maximum absolute atomic E-state index is 6.04. The monoisotopic (exact) mass is 240 g/mol. The first-order chi connectivity index (χ1) is 8.60. The molecule has 1 nitrogen and oxygen atoms in total. The summed E-state index contributed by atoms with van der Waals surface area (Å²) in [7, 11) is 0. The Labute approximate surface area is 109 Å². The molecule has 0 bridgehead atoms. The van der Waals surface area contributed by atoms with Gasteiger partial charge < -0.3 is 4.74 Å². The lowest BCUT2D eigenvalue weighted by Crippen LogP contribution is -1.93. The molecule has 1 heteroatoms. The molecule has 0 aliphatic carbocycles. The molecular formula is C17H20O. The minimum atomic E-state index is 0.944. The number of hydrogen-bond acceptors (Lipinski definition) is 1. The summed E-state index contributed by atoms with van der Waals surface area (Å²) in [5.74, 6) is 1.91. The predicted octanol–water partition coefficient (Wildman–Crippen LogP) is 4.97. The van der Waals surface area contributed by atoms with E-state index in [1.807, 2.05) is 6.07 Å². The molecule has 0 aliphatic heterocycles. The van der Waals surface area contributed by atoms with Crippen molar-refractivity contribution >= 4 is 0 Å². The molecule has 0 aliphatic rings. The molecule has 2 rings (SSSR count). The third-order valence-electron chi connectivity index (χ3n) is 3.15. The van der Waals surface area contributed by atoms with E-state index in [4.69, 9.17) is 4.74 Å². The van der Waals surface area contributed by atoms with Crippen molar-refractivity contribution in [3.8, 4) is 11.5 Å². The molecule has 2 aromatic carbocycles. The largest absolute Gasteiger partial charge is 0.457 e. The molecule has 0 radical (unpaired) electrons. The second kappa shape index (κ2) is 5.26. The van der Waals surface area contributed by atoms with Crippen LogP contribution in [0.15, 0.2) is 36.4 Å². The molecule has 94 valence electrons. The molecule has 0 fully saturated rings. The molecule has 0 N–H and O–H groups in total. The van der Waals surface area contributed by atoms with E-state index < -0.39 is 0 Å². The van der Waals surface area contributed by atoms with Crippen molar-refractivity contribution in [2.75, 3.05) is 0 Å². The van der Waals surface area contributed by atoms with Crippen LogP contribution in [-0.4, -0.2) is 0 Å². The zero-order chi connectivity index (χ0) is 13.1. The van der Waals surface area contributed by atoms with Crippen LogP contribution in [0.5, 0.6) is 11.5 Å². The van der Waals surface area contributed by atoms with Crippen LogP contribution >= 0.6 is 0 Å². The van der Waals surface area contributed by atoms with Crippen molar-refractivity contribution in [3.05, 3.63) is 58.7 Å². The molecule has 0 spiro atoms. The van der Waals surface area contributed by atoms with Crippen LogP contribution in [0.25, 0.3) is 0 Å². The summed E-state index contributed by atoms with van der Waals surface area (Å²) >= 11 is 0. The van der Waals surface area contributed by atoms with Crippen LogP contribution in [0.3, 0.4) is 0 Å². The number of ether oxygens (including phenoxy) is 1. The highest BCUT2D eigenvalue weighted by Crippen LogP contribution is 2.29. The first-order valence-corrected chi connectivity index (χ1v) is 6.44. The fourth-order valence-electron chi connectivity index (χ4n) is 2.12. The van der Waals surface area contributed by atoms with Crippen molar-refractivity contribution in [1.82, 2.24) is 0 Å². The molecule has 0 aromatic heterocycles. The fraction of sp³-hybridized carbons (Fsp3) is 0.294. The van der Waals surface area contributed by atoms with Gasteiger partial charge in [0.1, 0.15) is 11.5 Å². The molecular weight excluding hydrogens is 220 g/mol. The zero-order valence-electron chi connectivity index (χ0n) is 11.6. The Morgan fingerprint density at radius 3 is 2.06 bits per heavy atom. The summed E-state index contributed by atoms with van der Waals surface area (Å²) in [5, 5.41) is 0. The van der Waals surface area contributed by atoms with E-state index in [9.17, 15) is 0 Å². The second-order valence-corrected chi connectivity index (χ2v) is 4.84. The summed E-state index contributed by atoms with van der Waals surface area (Å²) in [6.45, 7) is 8.45. The molecule has 0 amide bonds. The summed E-state index contributed by atoms with van der Waals surface area (Å²) in [4.78, 5) is 0. The highest BCUT2D eigenvalue weighted by Gasteiger charge is 2.06. The second-order valence-electron chi connectivity index (χ2n) is 4.84. The summed E-state index contributed by atoms with van der Waals surface area (Å²) in [6, 6.07) is 12.6. The van der Waals surface area contributed by atoms with Gasteiger partial charge in [0.05, 0.1) is 0 Å². The van der Waals surface area contributed by atoms with Gasteiger partial charge in [-0.25, -0.2) is 0 Å². The highest BCUT2D eigenvalue weighted by molar-refractivity contribution is 5.43. The van der Waals surface area contributed by atoms with Gasteiger partial charge in [-0.05, 0) is 50.5 Å². The Balaban J connectivity index is 2.33. The zero-order valence-corrected chi connectivity index (χ0v) is 11.6. The van der Waals surface area contributed by atoms with Crippen molar-refractivity contribution in [1.29, 1.82) is 0 Å². The molecule has 18 heavy (non-hydrogen) atoms. The van der Waals surface area contributed by atoms with Gasteiger partial charge in [0, 0.05) is 0 Å². The van der Waals surface area contributed by atoms with E-state index >= 15 is 0 Å². The van der Waals surface area contributed by atoms with Crippen LogP contribution in [-0.2, 0) is 6.42 Å². The SMILES string of the molecule is CCc1cc(C)ccc1Oc1ccc(C)cc1C. The summed E-state index contributed by atoms with van der Waals surface area (Å²) in [5.41, 5.74) is 4.98. The maximum atomic E-state index is 6.04. The Morgan fingerprint density at radius 2 is 1.44 bits per heavy atom. The van der Waals surface area contributed by atoms with Crippen LogP contribution in [0.4, 0.5) is 0 Å². The quantitative estimate of drug-likeness (QED) is 0.736. The summed E-state index contributed by atoms with van der Waals surface area (Å²) < 4.78 is 6.04. The van der Waals surface area contributed by atoms with Gasteiger partial charge in [0.15, 0.2) is 0 Å². The van der Waals surface area contributed by atoms with Gasteiger partial charge >= 0.3 is 0 Å². The van der Waals surface area contributed by atoms with Crippen LogP contribution in [0.2, 0.25) is 0 Å². The minimum absolute atomic E-state index is 0.944. The lowest BCUT2D eigenvalue weighted by molar-refractivity contribution is 0.473. The average molecular weight is 240 g/mol. The van der Waals surface area contributed by atoms with Crippen molar-refractivity contribution in [2.45, 2.75) is 34.1 Å². The van der Waals surface area contributed by atoms with E-state index in [0.29, 0.717) is 0 Å². The van der Waals surface area contributed by atoms with E-state index in [0.717, 1.165) is 17.9 Å². The third kappa shape index (κ3) is 2.73. The predicted molar refractivity (Wildman–Crippen MR) is 76.5 cm³/mol. The molecule has 0 saturated heterocycles. The highest BCUT2D eigenvalue weighted by atomic mass is 16.5. The average Bonchev–Trinajstić information content (AvgIpc) is 2.34. The van der Waals surface area contributed by atoms with Crippen LogP contribution in [0.1, 0.15) is 29.2 Å². The lowest BCUT2D eigenvalue weighted by Gasteiger charge is -2.13. The van der Waals surface area contributed by atoms with Crippen LogP contribution in [0, 0.1) is 20.8 Å². The number of hydrogen-bond donors (Lipinski definition) is 0. The molecule has 0 unspecified atom stereocenters. The van der Waals surface area contributed by atoms with Gasteiger partial charge in [0.2, 0.25) is 0 Å². The van der Waals surface area contributed by atoms with E-state index in [1.165, 1.54) is 22.3 Å². The fourth-order valence-corrected chi connectivity index (χ4v) is 2.12. The van der Waals surface area contributed by atoms with Gasteiger partial charge in [-0.3, -0.25) is 0 Å². The maximum Gasteiger partial charge on any atom is 0.130 e. The van der Waals surface area contributed by atoms with Crippen LogP contribution < -0.4 is 4.74 Å². The van der Waals surface area contributed by atoms with Gasteiger partial charge in [-0.15, -0.1) is 0 Å². The standard InChI is InChI=1S/C17H20O/c1-5-15-11-13(3)7-9-17(15)18-16-8-6-12(2)10-14(16)4/h6-11H,5H2,1-4H3. The van der Waals surface area contributed by atoms with E-state index in [-0.39, 0.29) is 0 Å². The van der Waals surface area contributed by atoms with Crippen molar-refractivity contribution in [3.63, 3.8) is 0 Å². The van der Waals surface area contributed by atoms with Crippen molar-refractivity contribution in [2.24, 2.45) is 0 Å². The first-order valence-electron chi connectivity index (χ1n) is 6.44. The normalized spacial score (nSPS) is 10.4. The van der Waals surface area contributed by atoms with Gasteiger partial charge in [-0.2, -0.15) is 0 Å². The molecule has 0 heterocycles. The number of benzene rings is 2. The Kier molecular flexibility index (Phi) is 3.71. The molecule has 0 saturated carbocycles. The number of rotatable bonds is 3. The minimum Gasteiger partial charge on any atom is -0.457 e.